The summed E-state index contributed by atoms with van der Waals surface area (Å²) in [6, 6.07) is 4.94. The number of carboxylic acids is 2. The van der Waals surface area contributed by atoms with Crippen LogP contribution in [0.15, 0.2) is 30.3 Å². The highest BCUT2D eigenvalue weighted by molar-refractivity contribution is 5.97. The summed E-state index contributed by atoms with van der Waals surface area (Å²) in [5.41, 5.74) is 0.846. The number of carbonyl (C=O) groups is 4. The van der Waals surface area contributed by atoms with Crippen molar-refractivity contribution >= 4 is 36.1 Å². The van der Waals surface area contributed by atoms with Gasteiger partial charge in [-0.2, -0.15) is 0 Å². The topological polar surface area (TPSA) is 150 Å². The first-order valence-corrected chi connectivity index (χ1v) is 7.50. The van der Waals surface area contributed by atoms with Crippen LogP contribution >= 0.6 is 0 Å². The van der Waals surface area contributed by atoms with Gasteiger partial charge in [-0.25, -0.2) is 4.79 Å². The van der Waals surface area contributed by atoms with Crippen LogP contribution in [0.1, 0.15) is 28.8 Å². The van der Waals surface area contributed by atoms with Crippen LogP contribution in [0.25, 0.3) is 6.08 Å². The number of aliphatic carboxylic acids is 2. The maximum atomic E-state index is 11.9. The van der Waals surface area contributed by atoms with Crippen molar-refractivity contribution in [3.8, 4) is 0 Å². The second-order valence-corrected chi connectivity index (χ2v) is 5.15. The Balaban J connectivity index is 2.49. The maximum absolute atomic E-state index is 11.9. The molecule has 0 spiro atoms. The van der Waals surface area contributed by atoms with Crippen LogP contribution in [0.2, 0.25) is 0 Å². The number of hydrogen-bond donors (Lipinski definition) is 4. The third-order valence-electron chi connectivity index (χ3n) is 3.13. The Bertz CT molecular complexity index is 710. The molecule has 4 N–H and O–H groups in total. The summed E-state index contributed by atoms with van der Waals surface area (Å²) in [7, 11) is 0. The minimum atomic E-state index is -1.10. The molecular weight excluding hydrogens is 344 g/mol. The lowest BCUT2D eigenvalue weighted by Gasteiger charge is -2.11. The zero-order valence-corrected chi connectivity index (χ0v) is 13.6. The van der Waals surface area contributed by atoms with E-state index in [4.69, 9.17) is 10.2 Å². The molecule has 1 rings (SSSR count). The first-order chi connectivity index (χ1) is 12.3. The maximum Gasteiger partial charge on any atom is 0.328 e. The Morgan fingerprint density at radius 2 is 1.77 bits per heavy atom. The largest absolute Gasteiger partial charge is 0.481 e. The lowest BCUT2D eigenvalue weighted by molar-refractivity contribution is -0.137. The third kappa shape index (κ3) is 7.86. The van der Waals surface area contributed by atoms with E-state index in [2.05, 4.69) is 10.6 Å². The molecule has 0 bridgehead atoms. The van der Waals surface area contributed by atoms with Gasteiger partial charge in [0.05, 0.1) is 12.6 Å². The smallest absolute Gasteiger partial charge is 0.328 e. The number of nitrogens with one attached hydrogen (secondary N) is 2. The fourth-order valence-electron chi connectivity index (χ4n) is 1.85. The molecule has 137 valence electrons. The van der Waals surface area contributed by atoms with E-state index >= 15 is 0 Å². The van der Waals surface area contributed by atoms with Gasteiger partial charge in [0.1, 0.15) is 0 Å². The van der Waals surface area contributed by atoms with Gasteiger partial charge >= 0.3 is 11.9 Å². The summed E-state index contributed by atoms with van der Waals surface area (Å²) in [4.78, 5) is 55.2. The molecule has 2 amide bonds. The Labute approximate surface area is 148 Å². The number of amides is 2. The minimum Gasteiger partial charge on any atom is -0.481 e. The molecule has 0 aliphatic rings. The Morgan fingerprint density at radius 1 is 1.12 bits per heavy atom. The summed E-state index contributed by atoms with van der Waals surface area (Å²) in [6.45, 7) is -0.398. The molecular formula is C17H17N2O7. The van der Waals surface area contributed by atoms with Crippen LogP contribution in [0.5, 0.6) is 0 Å². The van der Waals surface area contributed by atoms with E-state index in [9.17, 15) is 24.0 Å². The molecule has 9 nitrogen and oxygen atoms in total. The number of carboxylic acid groups (broad SMARTS) is 2. The number of rotatable bonds is 10. The van der Waals surface area contributed by atoms with E-state index in [0.29, 0.717) is 5.56 Å². The molecule has 26 heavy (non-hydrogen) atoms. The predicted octanol–water partition coefficient (Wildman–Crippen LogP) is -0.0265. The first kappa shape index (κ1) is 20.6. The van der Waals surface area contributed by atoms with Crippen molar-refractivity contribution < 1.29 is 34.2 Å². The van der Waals surface area contributed by atoms with Crippen LogP contribution in [0, 0.1) is 0 Å². The van der Waals surface area contributed by atoms with Gasteiger partial charge in [0.2, 0.25) is 12.2 Å². The SMILES string of the molecule is O=[C][C@H](CCC(=O)O)NC(=O)CNC(=O)c1ccc(C=CC(=O)O)cc1. The molecule has 0 aliphatic heterocycles. The third-order valence-corrected chi connectivity index (χ3v) is 3.13. The Hall–Kier alpha value is -3.49. The highest BCUT2D eigenvalue weighted by Crippen LogP contribution is 2.06. The second-order valence-electron chi connectivity index (χ2n) is 5.15. The van der Waals surface area contributed by atoms with Gasteiger partial charge in [-0.05, 0) is 30.2 Å². The molecule has 1 radical (unpaired) electrons. The van der Waals surface area contributed by atoms with Gasteiger partial charge in [0, 0.05) is 18.1 Å². The summed E-state index contributed by atoms with van der Waals surface area (Å²) >= 11 is 0. The van der Waals surface area contributed by atoms with Crippen LogP contribution in [-0.4, -0.2) is 52.8 Å². The molecule has 1 aromatic carbocycles. The number of carbonyl (C=O) groups excluding carboxylic acids is 3. The molecule has 0 aromatic heterocycles. The van der Waals surface area contributed by atoms with E-state index in [1.165, 1.54) is 36.6 Å². The lowest BCUT2D eigenvalue weighted by atomic mass is 10.1. The number of benzene rings is 1. The van der Waals surface area contributed by atoms with Crippen molar-refractivity contribution in [2.24, 2.45) is 0 Å². The van der Waals surface area contributed by atoms with Crippen LogP contribution in [-0.2, 0) is 19.2 Å². The van der Waals surface area contributed by atoms with Gasteiger partial charge in [-0.1, -0.05) is 12.1 Å². The van der Waals surface area contributed by atoms with Crippen molar-refractivity contribution in [1.82, 2.24) is 10.6 Å². The summed E-state index contributed by atoms with van der Waals surface area (Å²) < 4.78 is 0. The Kier molecular flexibility index (Phi) is 8.21. The molecule has 1 aromatic rings. The fraction of sp³-hybridized carbons (Fsp3) is 0.235. The molecule has 0 saturated heterocycles. The van der Waals surface area contributed by atoms with Crippen molar-refractivity contribution in [3.05, 3.63) is 41.5 Å². The van der Waals surface area contributed by atoms with E-state index in [0.717, 1.165) is 6.08 Å². The highest BCUT2D eigenvalue weighted by atomic mass is 16.4. The van der Waals surface area contributed by atoms with E-state index in [1.807, 2.05) is 0 Å². The van der Waals surface area contributed by atoms with E-state index < -0.39 is 36.3 Å². The zero-order valence-electron chi connectivity index (χ0n) is 13.6. The van der Waals surface area contributed by atoms with E-state index in [-0.39, 0.29) is 18.4 Å². The van der Waals surface area contributed by atoms with Crippen molar-refractivity contribution in [3.63, 3.8) is 0 Å². The Morgan fingerprint density at radius 3 is 2.31 bits per heavy atom. The molecule has 0 saturated carbocycles. The summed E-state index contributed by atoms with van der Waals surface area (Å²) in [6.07, 6.45) is 3.47. The van der Waals surface area contributed by atoms with Crippen molar-refractivity contribution in [2.45, 2.75) is 18.9 Å². The minimum absolute atomic E-state index is 0.0934. The van der Waals surface area contributed by atoms with Gasteiger partial charge in [0.15, 0.2) is 0 Å². The molecule has 9 heteroatoms. The van der Waals surface area contributed by atoms with Crippen LogP contribution < -0.4 is 10.6 Å². The van der Waals surface area contributed by atoms with Crippen molar-refractivity contribution in [1.29, 1.82) is 0 Å². The average molecular weight is 361 g/mol. The first-order valence-electron chi connectivity index (χ1n) is 7.50. The van der Waals surface area contributed by atoms with Gasteiger partial charge in [-0.15, -0.1) is 0 Å². The predicted molar refractivity (Wildman–Crippen MR) is 89.9 cm³/mol. The second kappa shape index (κ2) is 10.4. The van der Waals surface area contributed by atoms with Crippen LogP contribution in [0.3, 0.4) is 0 Å². The van der Waals surface area contributed by atoms with Crippen LogP contribution in [0.4, 0.5) is 0 Å². The normalized spacial score (nSPS) is 11.5. The lowest BCUT2D eigenvalue weighted by Crippen LogP contribution is -2.42. The standard InChI is InChI=1S/C17H17N2O7/c20-10-13(6-8-16(24)25)19-14(21)9-18-17(26)12-4-1-11(2-5-12)3-7-15(22)23/h1-5,7,13H,6,8-9H2,(H,18,26)(H,19,21)(H,22,23)(H,24,25)/t13-/m0/s1. The number of hydrogen-bond acceptors (Lipinski definition) is 5. The molecule has 1 atom stereocenters. The summed E-state index contributed by atoms with van der Waals surface area (Å²) in [5, 5.41) is 21.7. The molecule has 0 heterocycles. The zero-order chi connectivity index (χ0) is 19.5. The quantitative estimate of drug-likeness (QED) is 0.427. The highest BCUT2D eigenvalue weighted by Gasteiger charge is 2.15. The monoisotopic (exact) mass is 361 g/mol. The molecule has 0 fully saturated rings. The molecule has 0 aliphatic carbocycles. The van der Waals surface area contributed by atoms with Gasteiger partial charge < -0.3 is 20.8 Å². The summed E-state index contributed by atoms with van der Waals surface area (Å²) in [5.74, 6) is -3.38. The average Bonchev–Trinajstić information content (AvgIpc) is 2.61. The van der Waals surface area contributed by atoms with Crippen molar-refractivity contribution in [2.75, 3.05) is 6.54 Å². The van der Waals surface area contributed by atoms with Gasteiger partial charge in [-0.3, -0.25) is 19.2 Å². The van der Waals surface area contributed by atoms with E-state index in [1.54, 1.807) is 0 Å². The fourth-order valence-corrected chi connectivity index (χ4v) is 1.85. The van der Waals surface area contributed by atoms with Gasteiger partial charge in [0.25, 0.3) is 5.91 Å². The molecule has 0 unspecified atom stereocenters.